The lowest BCUT2D eigenvalue weighted by atomic mass is 10.1. The number of aryl methyl sites for hydroxylation is 2. The van der Waals surface area contributed by atoms with Crippen LogP contribution >= 0.6 is 23.7 Å². The van der Waals surface area contributed by atoms with E-state index >= 15 is 0 Å². The number of hydrogen-bond acceptors (Lipinski definition) is 5. The Morgan fingerprint density at radius 2 is 1.77 bits per heavy atom. The van der Waals surface area contributed by atoms with Crippen molar-refractivity contribution < 1.29 is 4.79 Å². The van der Waals surface area contributed by atoms with E-state index in [1.165, 1.54) is 22.5 Å². The van der Waals surface area contributed by atoms with Crippen molar-refractivity contribution in [2.24, 2.45) is 11.7 Å². The largest absolute Gasteiger partial charge is 0.320 e. The Hall–Kier alpha value is -1.50. The van der Waals surface area contributed by atoms with Gasteiger partial charge in [-0.25, -0.2) is 0 Å². The molecule has 0 saturated carbocycles. The Balaban J connectivity index is 0.00000242. The molecule has 0 aliphatic heterocycles. The average molecular weight is 341 g/mol. The summed E-state index contributed by atoms with van der Waals surface area (Å²) in [6, 6.07) is 5.67. The van der Waals surface area contributed by atoms with E-state index in [0.717, 1.165) is 10.6 Å². The number of nitrogens with two attached hydrogens (primary N) is 1. The van der Waals surface area contributed by atoms with Gasteiger partial charge in [0.1, 0.15) is 5.01 Å². The Morgan fingerprint density at radius 1 is 1.18 bits per heavy atom. The van der Waals surface area contributed by atoms with Gasteiger partial charge in [-0.05, 0) is 31.9 Å². The van der Waals surface area contributed by atoms with Gasteiger partial charge in [0.25, 0.3) is 0 Å². The topological polar surface area (TPSA) is 80.9 Å². The molecule has 1 atom stereocenters. The number of anilines is 1. The lowest BCUT2D eigenvalue weighted by molar-refractivity contribution is -0.118. The first-order chi connectivity index (χ1) is 9.86. The normalized spacial score (nSPS) is 11.9. The van der Waals surface area contributed by atoms with Gasteiger partial charge in [-0.2, -0.15) is 0 Å². The minimum atomic E-state index is -0.543. The summed E-state index contributed by atoms with van der Waals surface area (Å²) >= 11 is 1.35. The van der Waals surface area contributed by atoms with Crippen LogP contribution in [0.1, 0.15) is 25.0 Å². The summed E-state index contributed by atoms with van der Waals surface area (Å²) in [5.74, 6) is -0.148. The highest BCUT2D eigenvalue weighted by Gasteiger charge is 2.19. The van der Waals surface area contributed by atoms with Crippen molar-refractivity contribution in [3.8, 4) is 10.6 Å². The number of amides is 1. The molecule has 0 unspecified atom stereocenters. The first kappa shape index (κ1) is 18.5. The van der Waals surface area contributed by atoms with Crippen LogP contribution in [0.2, 0.25) is 0 Å². The van der Waals surface area contributed by atoms with Crippen LogP contribution in [0.5, 0.6) is 0 Å². The minimum absolute atomic E-state index is 0. The Labute approximate surface area is 140 Å². The zero-order chi connectivity index (χ0) is 15.6. The molecule has 1 aromatic carbocycles. The minimum Gasteiger partial charge on any atom is -0.320 e. The van der Waals surface area contributed by atoms with Gasteiger partial charge in [-0.15, -0.1) is 22.6 Å². The lowest BCUT2D eigenvalue weighted by Crippen LogP contribution is -2.39. The number of halogens is 1. The molecule has 3 N–H and O–H groups in total. The molecular weight excluding hydrogens is 320 g/mol. The first-order valence-corrected chi connectivity index (χ1v) is 7.67. The summed E-state index contributed by atoms with van der Waals surface area (Å²) in [6.45, 7) is 7.90. The smallest absolute Gasteiger partial charge is 0.243 e. The molecule has 1 heterocycles. The van der Waals surface area contributed by atoms with Gasteiger partial charge in [-0.3, -0.25) is 10.1 Å². The van der Waals surface area contributed by atoms with E-state index in [4.69, 9.17) is 5.73 Å². The number of aromatic nitrogens is 2. The van der Waals surface area contributed by atoms with Crippen LogP contribution in [0.25, 0.3) is 10.6 Å². The molecule has 7 heteroatoms. The molecule has 2 aromatic rings. The lowest BCUT2D eigenvalue weighted by Gasteiger charge is -2.13. The molecule has 0 aliphatic carbocycles. The second-order valence-electron chi connectivity index (χ2n) is 5.55. The first-order valence-electron chi connectivity index (χ1n) is 6.85. The third kappa shape index (κ3) is 4.50. The summed E-state index contributed by atoms with van der Waals surface area (Å²) in [5.41, 5.74) is 9.17. The van der Waals surface area contributed by atoms with Gasteiger partial charge in [0.15, 0.2) is 0 Å². The fourth-order valence-electron chi connectivity index (χ4n) is 1.98. The molecule has 0 fully saturated rings. The van der Waals surface area contributed by atoms with Crippen molar-refractivity contribution >= 4 is 34.8 Å². The van der Waals surface area contributed by atoms with E-state index in [1.54, 1.807) is 0 Å². The number of carbonyl (C=O) groups excluding carboxylic acids is 1. The Kier molecular flexibility index (Phi) is 6.47. The Bertz CT molecular complexity index is 636. The predicted molar refractivity (Wildman–Crippen MR) is 93.5 cm³/mol. The van der Waals surface area contributed by atoms with Crippen LogP contribution in [0, 0.1) is 19.8 Å². The molecule has 2 rings (SSSR count). The second-order valence-corrected chi connectivity index (χ2v) is 6.53. The summed E-state index contributed by atoms with van der Waals surface area (Å²) < 4.78 is 0. The fourth-order valence-corrected chi connectivity index (χ4v) is 2.71. The van der Waals surface area contributed by atoms with Crippen molar-refractivity contribution in [2.45, 2.75) is 33.7 Å². The van der Waals surface area contributed by atoms with Crippen LogP contribution in [0.4, 0.5) is 5.13 Å². The molecular formula is C15H21ClN4OS. The van der Waals surface area contributed by atoms with Gasteiger partial charge in [-0.1, -0.05) is 42.4 Å². The van der Waals surface area contributed by atoms with Crippen molar-refractivity contribution in [1.29, 1.82) is 0 Å². The van der Waals surface area contributed by atoms with Crippen LogP contribution in [0.3, 0.4) is 0 Å². The number of nitrogens with zero attached hydrogens (tertiary/aromatic N) is 2. The third-order valence-corrected chi connectivity index (χ3v) is 4.03. The van der Waals surface area contributed by atoms with Crippen molar-refractivity contribution in [1.82, 2.24) is 10.2 Å². The van der Waals surface area contributed by atoms with E-state index in [0.29, 0.717) is 5.13 Å². The molecule has 0 aliphatic rings. The monoisotopic (exact) mass is 340 g/mol. The van der Waals surface area contributed by atoms with E-state index in [1.807, 2.05) is 27.7 Å². The summed E-state index contributed by atoms with van der Waals surface area (Å²) in [5, 5.41) is 12.1. The molecule has 0 saturated heterocycles. The van der Waals surface area contributed by atoms with Crippen LogP contribution < -0.4 is 11.1 Å². The zero-order valence-electron chi connectivity index (χ0n) is 13.1. The van der Waals surface area contributed by atoms with E-state index in [2.05, 4.69) is 33.7 Å². The van der Waals surface area contributed by atoms with E-state index < -0.39 is 6.04 Å². The predicted octanol–water partition coefficient (Wildman–Crippen LogP) is 3.17. The van der Waals surface area contributed by atoms with Crippen molar-refractivity contribution in [3.63, 3.8) is 0 Å². The highest BCUT2D eigenvalue weighted by atomic mass is 35.5. The quantitative estimate of drug-likeness (QED) is 0.895. The molecule has 120 valence electrons. The molecule has 0 radical (unpaired) electrons. The van der Waals surface area contributed by atoms with Gasteiger partial charge in [0.2, 0.25) is 11.0 Å². The highest BCUT2D eigenvalue weighted by Crippen LogP contribution is 2.28. The number of carbonyl (C=O) groups is 1. The van der Waals surface area contributed by atoms with E-state index in [9.17, 15) is 4.79 Å². The number of hydrogen-bond donors (Lipinski definition) is 2. The molecule has 5 nitrogen and oxygen atoms in total. The summed E-state index contributed by atoms with van der Waals surface area (Å²) in [4.78, 5) is 11.9. The number of rotatable bonds is 4. The summed E-state index contributed by atoms with van der Waals surface area (Å²) in [6.07, 6.45) is 0. The van der Waals surface area contributed by atoms with Crippen LogP contribution in [-0.4, -0.2) is 22.1 Å². The summed E-state index contributed by atoms with van der Waals surface area (Å²) in [7, 11) is 0. The number of benzene rings is 1. The fraction of sp³-hybridized carbons (Fsp3) is 0.400. The highest BCUT2D eigenvalue weighted by molar-refractivity contribution is 7.18. The Morgan fingerprint density at radius 3 is 2.32 bits per heavy atom. The zero-order valence-corrected chi connectivity index (χ0v) is 14.7. The van der Waals surface area contributed by atoms with E-state index in [-0.39, 0.29) is 24.2 Å². The maximum Gasteiger partial charge on any atom is 0.243 e. The molecule has 0 spiro atoms. The molecule has 22 heavy (non-hydrogen) atoms. The standard InChI is InChI=1S/C15H20N4OS.ClH/c1-8(2)12(16)13(20)17-15-19-18-14(21-15)11-6-9(3)5-10(4)7-11;/h5-8,12H,16H2,1-4H3,(H,17,19,20);1H/t12-;/m0./s1. The van der Waals surface area contributed by atoms with Gasteiger partial charge in [0.05, 0.1) is 6.04 Å². The van der Waals surface area contributed by atoms with Crippen LogP contribution in [0.15, 0.2) is 18.2 Å². The second kappa shape index (κ2) is 7.67. The molecule has 1 amide bonds. The number of nitrogens with one attached hydrogen (secondary N) is 1. The molecule has 1 aromatic heterocycles. The van der Waals surface area contributed by atoms with Gasteiger partial charge >= 0.3 is 0 Å². The van der Waals surface area contributed by atoms with Crippen LogP contribution in [-0.2, 0) is 4.79 Å². The average Bonchev–Trinajstić information content (AvgIpc) is 2.85. The SMILES string of the molecule is Cc1cc(C)cc(-c2nnc(NC(=O)[C@@H](N)C(C)C)s2)c1.Cl. The maximum atomic E-state index is 11.9. The third-order valence-electron chi connectivity index (χ3n) is 3.14. The maximum absolute atomic E-state index is 11.9. The van der Waals surface area contributed by atoms with Crippen molar-refractivity contribution in [2.75, 3.05) is 5.32 Å². The van der Waals surface area contributed by atoms with Crippen molar-refractivity contribution in [3.05, 3.63) is 29.3 Å². The van der Waals surface area contributed by atoms with Gasteiger partial charge in [0, 0.05) is 5.56 Å². The van der Waals surface area contributed by atoms with Gasteiger partial charge < -0.3 is 5.73 Å². The molecule has 0 bridgehead atoms.